The first-order valence-electron chi connectivity index (χ1n) is 7.37. The summed E-state index contributed by atoms with van der Waals surface area (Å²) in [6, 6.07) is 16.8. The van der Waals surface area contributed by atoms with Gasteiger partial charge in [-0.3, -0.25) is 0 Å². The van der Waals surface area contributed by atoms with Crippen LogP contribution in [0.3, 0.4) is 0 Å². The second-order valence-electron chi connectivity index (χ2n) is 5.36. The summed E-state index contributed by atoms with van der Waals surface area (Å²) in [7, 11) is -3.46. The van der Waals surface area contributed by atoms with Gasteiger partial charge in [0.1, 0.15) is 0 Å². The van der Waals surface area contributed by atoms with Crippen molar-refractivity contribution in [3.63, 3.8) is 0 Å². The van der Waals surface area contributed by atoms with E-state index < -0.39 is 10.0 Å². The first-order valence-corrected chi connectivity index (χ1v) is 9.65. The second kappa shape index (κ2) is 7.90. The maximum Gasteiger partial charge on any atom is 0.240 e. The SMILES string of the molecule is C/C(=C(/Br)CCNS(=O)(=O)c1ccc(C)cc1)c1ccccc1. The Balaban J connectivity index is 2.00. The van der Waals surface area contributed by atoms with E-state index in [1.807, 2.05) is 44.2 Å². The molecule has 0 atom stereocenters. The van der Waals surface area contributed by atoms with Gasteiger partial charge in [-0.05, 0) is 48.0 Å². The zero-order valence-corrected chi connectivity index (χ0v) is 15.6. The van der Waals surface area contributed by atoms with Crippen molar-refractivity contribution in [2.24, 2.45) is 0 Å². The molecular weight excluding hydrogens is 374 g/mol. The van der Waals surface area contributed by atoms with Crippen LogP contribution in [-0.4, -0.2) is 15.0 Å². The molecule has 0 aliphatic rings. The van der Waals surface area contributed by atoms with Crippen LogP contribution in [-0.2, 0) is 10.0 Å². The highest BCUT2D eigenvalue weighted by molar-refractivity contribution is 9.11. The molecule has 3 nitrogen and oxygen atoms in total. The minimum Gasteiger partial charge on any atom is -0.211 e. The molecular formula is C18H20BrNO2S. The molecule has 0 aromatic heterocycles. The van der Waals surface area contributed by atoms with Crippen LogP contribution in [0.4, 0.5) is 0 Å². The van der Waals surface area contributed by atoms with Crippen LogP contribution in [0.1, 0.15) is 24.5 Å². The Hall–Kier alpha value is -1.43. The molecule has 2 aromatic rings. The van der Waals surface area contributed by atoms with Crippen molar-refractivity contribution in [3.05, 3.63) is 70.2 Å². The predicted octanol–water partition coefficient (Wildman–Crippen LogP) is 4.49. The number of allylic oxidation sites excluding steroid dienone is 1. The molecule has 0 saturated carbocycles. The number of sulfonamides is 1. The molecule has 0 heterocycles. The van der Waals surface area contributed by atoms with Crippen LogP contribution >= 0.6 is 15.9 Å². The fraction of sp³-hybridized carbons (Fsp3) is 0.222. The van der Waals surface area contributed by atoms with Gasteiger partial charge in [-0.2, -0.15) is 0 Å². The number of rotatable bonds is 6. The normalized spacial score (nSPS) is 12.8. The minimum absolute atomic E-state index is 0.294. The van der Waals surface area contributed by atoms with Gasteiger partial charge < -0.3 is 0 Å². The Bertz CT molecular complexity index is 782. The molecule has 0 saturated heterocycles. The van der Waals surface area contributed by atoms with Gasteiger partial charge in [0.25, 0.3) is 0 Å². The number of halogens is 1. The first-order chi connectivity index (χ1) is 10.9. The van der Waals surface area contributed by atoms with Crippen LogP contribution in [0, 0.1) is 6.92 Å². The molecule has 0 unspecified atom stereocenters. The zero-order valence-electron chi connectivity index (χ0n) is 13.2. The maximum atomic E-state index is 12.2. The highest BCUT2D eigenvalue weighted by atomic mass is 79.9. The Morgan fingerprint density at radius 2 is 1.65 bits per heavy atom. The Labute approximate surface area is 146 Å². The first kappa shape index (κ1) is 17.9. The summed E-state index contributed by atoms with van der Waals surface area (Å²) in [4.78, 5) is 0.294. The molecule has 0 bridgehead atoms. The molecule has 122 valence electrons. The molecule has 23 heavy (non-hydrogen) atoms. The van der Waals surface area contributed by atoms with Crippen LogP contribution in [0.25, 0.3) is 5.57 Å². The average Bonchev–Trinajstić information content (AvgIpc) is 2.55. The number of benzene rings is 2. The lowest BCUT2D eigenvalue weighted by molar-refractivity contribution is 0.582. The van der Waals surface area contributed by atoms with Crippen molar-refractivity contribution in [2.75, 3.05) is 6.54 Å². The number of nitrogens with one attached hydrogen (secondary N) is 1. The van der Waals surface area contributed by atoms with Crippen molar-refractivity contribution in [2.45, 2.75) is 25.2 Å². The third-order valence-electron chi connectivity index (χ3n) is 3.58. The maximum absolute atomic E-state index is 12.2. The third-order valence-corrected chi connectivity index (χ3v) is 6.05. The zero-order chi connectivity index (χ0) is 16.9. The predicted molar refractivity (Wildman–Crippen MR) is 98.9 cm³/mol. The van der Waals surface area contributed by atoms with Gasteiger partial charge in [0.05, 0.1) is 4.90 Å². The molecule has 0 aliphatic heterocycles. The van der Waals surface area contributed by atoms with Crippen molar-refractivity contribution in [1.82, 2.24) is 4.72 Å². The molecule has 0 radical (unpaired) electrons. The van der Waals surface area contributed by atoms with Gasteiger partial charge in [0.15, 0.2) is 0 Å². The van der Waals surface area contributed by atoms with Crippen molar-refractivity contribution < 1.29 is 8.42 Å². The highest BCUT2D eigenvalue weighted by Crippen LogP contribution is 2.24. The van der Waals surface area contributed by atoms with Crippen LogP contribution in [0.15, 0.2) is 64.0 Å². The highest BCUT2D eigenvalue weighted by Gasteiger charge is 2.13. The second-order valence-corrected chi connectivity index (χ2v) is 8.08. The van der Waals surface area contributed by atoms with Crippen LogP contribution in [0.2, 0.25) is 0 Å². The monoisotopic (exact) mass is 393 g/mol. The summed E-state index contributed by atoms with van der Waals surface area (Å²) >= 11 is 3.56. The number of hydrogen-bond acceptors (Lipinski definition) is 2. The van der Waals surface area contributed by atoms with Gasteiger partial charge in [-0.15, -0.1) is 0 Å². The van der Waals surface area contributed by atoms with Crippen molar-refractivity contribution >= 4 is 31.5 Å². The van der Waals surface area contributed by atoms with E-state index >= 15 is 0 Å². The standard InChI is InChI=1S/C18H20BrNO2S/c1-14-8-10-17(11-9-14)23(21,22)20-13-12-18(19)15(2)16-6-4-3-5-7-16/h3-11,20H,12-13H2,1-2H3/b18-15-. The van der Waals surface area contributed by atoms with Crippen LogP contribution < -0.4 is 4.72 Å². The molecule has 2 aromatic carbocycles. The van der Waals surface area contributed by atoms with E-state index in [2.05, 4.69) is 20.7 Å². The lowest BCUT2D eigenvalue weighted by Crippen LogP contribution is -2.24. The third kappa shape index (κ3) is 5.03. The van der Waals surface area contributed by atoms with E-state index in [9.17, 15) is 8.42 Å². The van der Waals surface area contributed by atoms with E-state index in [1.54, 1.807) is 24.3 Å². The van der Waals surface area contributed by atoms with E-state index in [0.717, 1.165) is 21.2 Å². The van der Waals surface area contributed by atoms with Gasteiger partial charge in [-0.25, -0.2) is 13.1 Å². The van der Waals surface area contributed by atoms with E-state index in [4.69, 9.17) is 0 Å². The van der Waals surface area contributed by atoms with Gasteiger partial charge in [0.2, 0.25) is 10.0 Å². The summed E-state index contributed by atoms with van der Waals surface area (Å²) in [6.45, 7) is 4.30. The van der Waals surface area contributed by atoms with E-state index in [1.165, 1.54) is 0 Å². The topological polar surface area (TPSA) is 46.2 Å². The molecule has 0 fully saturated rings. The van der Waals surface area contributed by atoms with Crippen molar-refractivity contribution in [1.29, 1.82) is 0 Å². The Kier molecular flexibility index (Phi) is 6.16. The van der Waals surface area contributed by atoms with Crippen LogP contribution in [0.5, 0.6) is 0 Å². The van der Waals surface area contributed by atoms with E-state index in [-0.39, 0.29) is 0 Å². The van der Waals surface area contributed by atoms with Gasteiger partial charge >= 0.3 is 0 Å². The fourth-order valence-electron chi connectivity index (χ4n) is 2.13. The Morgan fingerprint density at radius 1 is 1.04 bits per heavy atom. The molecule has 5 heteroatoms. The average molecular weight is 394 g/mol. The summed E-state index contributed by atoms with van der Waals surface area (Å²) in [5.74, 6) is 0. The largest absolute Gasteiger partial charge is 0.240 e. The fourth-order valence-corrected chi connectivity index (χ4v) is 3.59. The van der Waals surface area contributed by atoms with Crippen molar-refractivity contribution in [3.8, 4) is 0 Å². The summed E-state index contributed by atoms with van der Waals surface area (Å²) in [5.41, 5.74) is 3.27. The molecule has 1 N–H and O–H groups in total. The molecule has 0 aliphatic carbocycles. The smallest absolute Gasteiger partial charge is 0.211 e. The summed E-state index contributed by atoms with van der Waals surface area (Å²) < 4.78 is 28.1. The van der Waals surface area contributed by atoms with E-state index in [0.29, 0.717) is 17.9 Å². The lowest BCUT2D eigenvalue weighted by Gasteiger charge is -2.09. The molecule has 0 spiro atoms. The minimum atomic E-state index is -3.46. The Morgan fingerprint density at radius 3 is 2.26 bits per heavy atom. The number of hydrogen-bond donors (Lipinski definition) is 1. The number of aryl methyl sites for hydroxylation is 1. The summed E-state index contributed by atoms with van der Waals surface area (Å²) in [5, 5.41) is 0. The summed E-state index contributed by atoms with van der Waals surface area (Å²) in [6.07, 6.45) is 0.603. The van der Waals surface area contributed by atoms with Gasteiger partial charge in [-0.1, -0.05) is 64.0 Å². The van der Waals surface area contributed by atoms with Gasteiger partial charge in [0, 0.05) is 6.54 Å². The lowest BCUT2D eigenvalue weighted by atomic mass is 10.1. The quantitative estimate of drug-likeness (QED) is 0.785. The molecule has 0 amide bonds. The molecule has 2 rings (SSSR count).